The summed E-state index contributed by atoms with van der Waals surface area (Å²) in [4.78, 5) is 3.80. The van der Waals surface area contributed by atoms with Gasteiger partial charge in [-0.15, -0.1) is 0 Å². The van der Waals surface area contributed by atoms with Gasteiger partial charge in [0, 0.05) is 10.7 Å². The molecule has 29 heavy (non-hydrogen) atoms. The third-order valence-corrected chi connectivity index (χ3v) is 5.91. The molecule has 0 aliphatic carbocycles. The van der Waals surface area contributed by atoms with Crippen LogP contribution in [0.25, 0.3) is 10.8 Å². The molecule has 1 aliphatic heterocycles. The SMILES string of the molecule is Cc1ccc(Cl)cc1N1CC[NH+](C[C@H](O)COc2ccc3ccccc3c2)CC1. The molecule has 3 aromatic rings. The van der Waals surface area contributed by atoms with Crippen LogP contribution < -0.4 is 14.5 Å². The molecule has 1 fully saturated rings. The summed E-state index contributed by atoms with van der Waals surface area (Å²) in [5, 5.41) is 13.6. The molecule has 152 valence electrons. The Morgan fingerprint density at radius 2 is 1.79 bits per heavy atom. The van der Waals surface area contributed by atoms with E-state index in [9.17, 15) is 5.11 Å². The zero-order valence-electron chi connectivity index (χ0n) is 16.8. The summed E-state index contributed by atoms with van der Waals surface area (Å²) in [5.41, 5.74) is 2.47. The molecule has 3 aromatic carbocycles. The number of anilines is 1. The number of nitrogens with zero attached hydrogens (tertiary/aromatic N) is 1. The number of benzene rings is 3. The van der Waals surface area contributed by atoms with Crippen molar-refractivity contribution in [2.24, 2.45) is 0 Å². The minimum Gasteiger partial charge on any atom is -0.491 e. The number of ether oxygens (including phenoxy) is 1. The molecule has 1 atom stereocenters. The molecule has 2 N–H and O–H groups in total. The maximum atomic E-state index is 10.5. The number of halogens is 1. The fraction of sp³-hybridized carbons (Fsp3) is 0.333. The first kappa shape index (κ1) is 20.0. The number of fused-ring (bicyclic) bond motifs is 1. The Hall–Kier alpha value is -2.27. The van der Waals surface area contributed by atoms with Crippen molar-refractivity contribution in [3.8, 4) is 5.75 Å². The quantitative estimate of drug-likeness (QED) is 0.654. The van der Waals surface area contributed by atoms with Crippen LogP contribution in [0, 0.1) is 6.92 Å². The highest BCUT2D eigenvalue weighted by Crippen LogP contribution is 2.24. The molecule has 4 rings (SSSR count). The van der Waals surface area contributed by atoms with E-state index in [1.807, 2.05) is 36.4 Å². The van der Waals surface area contributed by atoms with Crippen LogP contribution in [-0.2, 0) is 0 Å². The van der Waals surface area contributed by atoms with E-state index in [0.29, 0.717) is 13.2 Å². The number of quaternary nitrogens is 1. The summed E-state index contributed by atoms with van der Waals surface area (Å²) < 4.78 is 5.85. The molecule has 0 unspecified atom stereocenters. The van der Waals surface area contributed by atoms with E-state index in [2.05, 4.69) is 36.1 Å². The Labute approximate surface area is 177 Å². The normalized spacial score (nSPS) is 16.2. The predicted molar refractivity (Wildman–Crippen MR) is 119 cm³/mol. The van der Waals surface area contributed by atoms with Crippen molar-refractivity contribution in [1.29, 1.82) is 0 Å². The Balaban J connectivity index is 1.26. The number of aliphatic hydroxyl groups excluding tert-OH is 1. The van der Waals surface area contributed by atoms with E-state index in [-0.39, 0.29) is 0 Å². The van der Waals surface area contributed by atoms with E-state index < -0.39 is 6.10 Å². The van der Waals surface area contributed by atoms with Crippen molar-refractivity contribution in [1.82, 2.24) is 0 Å². The second-order valence-corrected chi connectivity index (χ2v) is 8.28. The van der Waals surface area contributed by atoms with Crippen molar-refractivity contribution >= 4 is 28.1 Å². The highest BCUT2D eigenvalue weighted by molar-refractivity contribution is 6.30. The monoisotopic (exact) mass is 411 g/mol. The molecule has 1 aliphatic rings. The van der Waals surface area contributed by atoms with Gasteiger partial charge in [0.05, 0.1) is 26.2 Å². The smallest absolute Gasteiger partial charge is 0.137 e. The van der Waals surface area contributed by atoms with Crippen LogP contribution in [0.15, 0.2) is 60.7 Å². The largest absolute Gasteiger partial charge is 0.491 e. The first-order chi connectivity index (χ1) is 14.1. The van der Waals surface area contributed by atoms with Crippen molar-refractivity contribution in [2.75, 3.05) is 44.2 Å². The lowest BCUT2D eigenvalue weighted by molar-refractivity contribution is -0.903. The lowest BCUT2D eigenvalue weighted by Gasteiger charge is -2.35. The molecule has 0 amide bonds. The predicted octanol–water partition coefficient (Wildman–Crippen LogP) is 2.95. The van der Waals surface area contributed by atoms with Gasteiger partial charge >= 0.3 is 0 Å². The molecular weight excluding hydrogens is 384 g/mol. The Morgan fingerprint density at radius 1 is 1.03 bits per heavy atom. The number of rotatable bonds is 6. The van der Waals surface area contributed by atoms with Crippen LogP contribution in [-0.4, -0.2) is 50.5 Å². The molecule has 1 saturated heterocycles. The average Bonchev–Trinajstić information content (AvgIpc) is 2.74. The number of hydrogen-bond donors (Lipinski definition) is 2. The van der Waals surface area contributed by atoms with E-state index in [1.54, 1.807) is 0 Å². The molecule has 0 saturated carbocycles. The second-order valence-electron chi connectivity index (χ2n) is 7.85. The van der Waals surface area contributed by atoms with Gasteiger partial charge in [-0.3, -0.25) is 0 Å². The van der Waals surface area contributed by atoms with E-state index >= 15 is 0 Å². The van der Waals surface area contributed by atoms with Gasteiger partial charge in [0.2, 0.25) is 0 Å². The summed E-state index contributed by atoms with van der Waals surface area (Å²) in [7, 11) is 0. The lowest BCUT2D eigenvalue weighted by Crippen LogP contribution is -3.16. The lowest BCUT2D eigenvalue weighted by atomic mass is 10.1. The number of piperazine rings is 1. The van der Waals surface area contributed by atoms with Gasteiger partial charge in [0.25, 0.3) is 0 Å². The zero-order chi connectivity index (χ0) is 20.2. The van der Waals surface area contributed by atoms with Crippen LogP contribution in [0.4, 0.5) is 5.69 Å². The van der Waals surface area contributed by atoms with Gasteiger partial charge in [-0.2, -0.15) is 0 Å². The summed E-state index contributed by atoms with van der Waals surface area (Å²) in [6.45, 7) is 7.08. The fourth-order valence-electron chi connectivity index (χ4n) is 4.03. The Bertz CT molecular complexity index is 970. The minimum atomic E-state index is -0.476. The van der Waals surface area contributed by atoms with Crippen LogP contribution in [0.1, 0.15) is 5.56 Å². The van der Waals surface area contributed by atoms with E-state index in [0.717, 1.165) is 42.3 Å². The number of hydrogen-bond acceptors (Lipinski definition) is 3. The third kappa shape index (κ3) is 5.02. The van der Waals surface area contributed by atoms with Gasteiger partial charge in [-0.1, -0.05) is 48.0 Å². The van der Waals surface area contributed by atoms with E-state index in [4.69, 9.17) is 16.3 Å². The number of nitrogens with one attached hydrogen (secondary N) is 1. The van der Waals surface area contributed by atoms with Gasteiger partial charge in [0.1, 0.15) is 25.0 Å². The summed E-state index contributed by atoms with van der Waals surface area (Å²) in [5.74, 6) is 0.805. The van der Waals surface area contributed by atoms with Crippen molar-refractivity contribution in [3.05, 3.63) is 71.2 Å². The zero-order valence-corrected chi connectivity index (χ0v) is 17.5. The maximum Gasteiger partial charge on any atom is 0.137 e. The van der Waals surface area contributed by atoms with Crippen LogP contribution in [0.2, 0.25) is 5.02 Å². The van der Waals surface area contributed by atoms with Crippen molar-refractivity contribution in [2.45, 2.75) is 13.0 Å². The van der Waals surface area contributed by atoms with Crippen molar-refractivity contribution in [3.63, 3.8) is 0 Å². The molecule has 0 bridgehead atoms. The standard InChI is InChI=1S/C24H27ClN2O2/c1-18-6-8-21(25)15-24(18)27-12-10-26(11-13-27)16-22(28)17-29-23-9-7-19-4-2-3-5-20(19)14-23/h2-9,14-15,22,28H,10-13,16-17H2,1H3/p+1/t22-/m0/s1. The van der Waals surface area contributed by atoms with Crippen LogP contribution >= 0.6 is 11.6 Å². The highest BCUT2D eigenvalue weighted by Gasteiger charge is 2.23. The highest BCUT2D eigenvalue weighted by atomic mass is 35.5. The van der Waals surface area contributed by atoms with E-state index in [1.165, 1.54) is 21.5 Å². The first-order valence-electron chi connectivity index (χ1n) is 10.2. The average molecular weight is 412 g/mol. The summed E-state index contributed by atoms with van der Waals surface area (Å²) >= 11 is 6.17. The second kappa shape index (κ2) is 9.04. The number of aryl methyl sites for hydroxylation is 1. The summed E-state index contributed by atoms with van der Waals surface area (Å²) in [6, 6.07) is 20.3. The maximum absolute atomic E-state index is 10.5. The van der Waals surface area contributed by atoms with Crippen molar-refractivity contribution < 1.29 is 14.7 Å². The molecule has 0 spiro atoms. The molecule has 0 radical (unpaired) electrons. The van der Waals surface area contributed by atoms with Gasteiger partial charge in [-0.05, 0) is 47.5 Å². The van der Waals surface area contributed by atoms with Crippen LogP contribution in [0.3, 0.4) is 0 Å². The molecular formula is C24H28ClN2O2+. The Kier molecular flexibility index (Phi) is 6.24. The van der Waals surface area contributed by atoms with Gasteiger partial charge in [-0.25, -0.2) is 0 Å². The molecule has 4 nitrogen and oxygen atoms in total. The van der Waals surface area contributed by atoms with Crippen LogP contribution in [0.5, 0.6) is 5.75 Å². The number of aliphatic hydroxyl groups is 1. The van der Waals surface area contributed by atoms with Gasteiger partial charge < -0.3 is 19.6 Å². The topological polar surface area (TPSA) is 37.1 Å². The fourth-order valence-corrected chi connectivity index (χ4v) is 4.20. The summed E-state index contributed by atoms with van der Waals surface area (Å²) in [6.07, 6.45) is -0.476. The molecule has 1 heterocycles. The Morgan fingerprint density at radius 3 is 2.59 bits per heavy atom. The first-order valence-corrected chi connectivity index (χ1v) is 10.6. The molecule has 5 heteroatoms. The molecule has 0 aromatic heterocycles. The van der Waals surface area contributed by atoms with Gasteiger partial charge in [0.15, 0.2) is 0 Å². The minimum absolute atomic E-state index is 0.318. The third-order valence-electron chi connectivity index (χ3n) is 5.67.